The zero-order chi connectivity index (χ0) is 21.6. The van der Waals surface area contributed by atoms with Gasteiger partial charge in [0.15, 0.2) is 0 Å². The van der Waals surface area contributed by atoms with Crippen LogP contribution in [0.2, 0.25) is 0 Å². The van der Waals surface area contributed by atoms with E-state index in [0.717, 1.165) is 5.56 Å². The van der Waals surface area contributed by atoms with Gasteiger partial charge in [0, 0.05) is 19.4 Å². The van der Waals surface area contributed by atoms with Crippen LogP contribution >= 0.6 is 0 Å². The van der Waals surface area contributed by atoms with E-state index in [2.05, 4.69) is 10.6 Å². The average Bonchev–Trinajstić information content (AvgIpc) is 2.75. The first kappa shape index (κ1) is 23.6. The van der Waals surface area contributed by atoms with Crippen molar-refractivity contribution in [3.63, 3.8) is 0 Å². The summed E-state index contributed by atoms with van der Waals surface area (Å²) in [6.45, 7) is 0.911. The molecule has 2 rings (SSSR count). The van der Waals surface area contributed by atoms with E-state index in [0.29, 0.717) is 26.0 Å². The molecule has 164 valence electrons. The lowest BCUT2D eigenvalue weighted by Gasteiger charge is -2.21. The molecule has 30 heavy (non-hydrogen) atoms. The number of hydrogen-bond donors (Lipinski definition) is 3. The maximum atomic E-state index is 12.7. The monoisotopic (exact) mass is 418 g/mol. The second kappa shape index (κ2) is 13.5. The van der Waals surface area contributed by atoms with Crippen LogP contribution in [0, 0.1) is 5.92 Å². The molecular formula is C22H30N2O6. The van der Waals surface area contributed by atoms with Crippen LogP contribution in [-0.4, -0.2) is 55.8 Å². The number of aliphatic hydroxyl groups excluding tert-OH is 1. The molecule has 0 fully saturated rings. The van der Waals surface area contributed by atoms with Crippen LogP contribution in [0.25, 0.3) is 0 Å². The van der Waals surface area contributed by atoms with E-state index in [1.54, 1.807) is 0 Å². The quantitative estimate of drug-likeness (QED) is 0.333. The van der Waals surface area contributed by atoms with E-state index >= 15 is 0 Å². The number of amides is 2. The fourth-order valence-corrected chi connectivity index (χ4v) is 3.04. The highest BCUT2D eigenvalue weighted by atomic mass is 16.5. The number of nitrogens with one attached hydrogen (secondary N) is 2. The Balaban J connectivity index is 1.97. The molecule has 1 aromatic rings. The third-order valence-electron chi connectivity index (χ3n) is 4.62. The molecule has 1 heterocycles. The van der Waals surface area contributed by atoms with Crippen LogP contribution in [0.15, 0.2) is 42.5 Å². The summed E-state index contributed by atoms with van der Waals surface area (Å²) >= 11 is 0. The van der Waals surface area contributed by atoms with Crippen LogP contribution < -0.4 is 10.6 Å². The Hall–Kier alpha value is -2.71. The zero-order valence-electron chi connectivity index (χ0n) is 17.0. The van der Waals surface area contributed by atoms with Gasteiger partial charge in [-0.15, -0.1) is 0 Å². The van der Waals surface area contributed by atoms with Crippen molar-refractivity contribution in [1.29, 1.82) is 0 Å². The van der Waals surface area contributed by atoms with Crippen LogP contribution in [0.3, 0.4) is 0 Å². The van der Waals surface area contributed by atoms with E-state index < -0.39 is 12.0 Å². The Morgan fingerprint density at radius 1 is 1.20 bits per heavy atom. The third-order valence-corrected chi connectivity index (χ3v) is 4.62. The first-order chi connectivity index (χ1) is 14.6. The van der Waals surface area contributed by atoms with E-state index in [9.17, 15) is 14.4 Å². The fourth-order valence-electron chi connectivity index (χ4n) is 3.04. The Bertz CT molecular complexity index is 707. The molecule has 1 aliphatic heterocycles. The van der Waals surface area contributed by atoms with E-state index in [4.69, 9.17) is 14.6 Å². The first-order valence-electron chi connectivity index (χ1n) is 10.2. The number of allylic oxidation sites excluding steroid dienone is 2. The fraction of sp³-hybridized carbons (Fsp3) is 0.500. The second-order valence-corrected chi connectivity index (χ2v) is 6.97. The van der Waals surface area contributed by atoms with Gasteiger partial charge in [-0.05, 0) is 18.4 Å². The summed E-state index contributed by atoms with van der Waals surface area (Å²) in [7, 11) is 0. The van der Waals surface area contributed by atoms with Crippen molar-refractivity contribution in [2.24, 2.45) is 5.92 Å². The molecule has 0 bridgehead atoms. The van der Waals surface area contributed by atoms with Crippen LogP contribution in [0.5, 0.6) is 0 Å². The Morgan fingerprint density at radius 3 is 2.77 bits per heavy atom. The van der Waals surface area contributed by atoms with Crippen molar-refractivity contribution in [2.75, 3.05) is 32.9 Å². The molecule has 2 amide bonds. The zero-order valence-corrected chi connectivity index (χ0v) is 17.0. The lowest BCUT2D eigenvalue weighted by molar-refractivity contribution is -0.150. The lowest BCUT2D eigenvalue weighted by atomic mass is 9.98. The van der Waals surface area contributed by atoms with Gasteiger partial charge in [-0.2, -0.15) is 0 Å². The molecule has 0 aromatic heterocycles. The molecule has 0 radical (unpaired) electrons. The van der Waals surface area contributed by atoms with Crippen molar-refractivity contribution < 1.29 is 29.0 Å². The van der Waals surface area contributed by atoms with Gasteiger partial charge < -0.3 is 25.2 Å². The van der Waals surface area contributed by atoms with Gasteiger partial charge in [-0.1, -0.05) is 42.5 Å². The summed E-state index contributed by atoms with van der Waals surface area (Å²) in [5, 5.41) is 14.2. The number of cyclic esters (lactones) is 1. The summed E-state index contributed by atoms with van der Waals surface area (Å²) in [6.07, 6.45) is 4.31. The van der Waals surface area contributed by atoms with Gasteiger partial charge in [0.1, 0.15) is 6.10 Å². The Morgan fingerprint density at radius 2 is 2.00 bits per heavy atom. The molecule has 3 N–H and O–H groups in total. The highest BCUT2D eigenvalue weighted by Crippen LogP contribution is 2.19. The van der Waals surface area contributed by atoms with Crippen molar-refractivity contribution in [1.82, 2.24) is 10.6 Å². The van der Waals surface area contributed by atoms with Crippen LogP contribution in [0.1, 0.15) is 37.4 Å². The maximum Gasteiger partial charge on any atom is 0.306 e. The predicted octanol–water partition coefficient (Wildman–Crippen LogP) is 1.26. The Labute approximate surface area is 176 Å². The Kier molecular flexibility index (Phi) is 10.6. The van der Waals surface area contributed by atoms with E-state index in [-0.39, 0.29) is 50.4 Å². The number of rotatable bonds is 8. The molecule has 2 atom stereocenters. The minimum Gasteiger partial charge on any atom is -0.456 e. The molecule has 0 aliphatic carbocycles. The lowest BCUT2D eigenvalue weighted by Crippen LogP contribution is -2.38. The van der Waals surface area contributed by atoms with E-state index in [1.165, 1.54) is 0 Å². The van der Waals surface area contributed by atoms with Crippen LogP contribution in [-0.2, 0) is 23.9 Å². The predicted molar refractivity (Wildman–Crippen MR) is 110 cm³/mol. The number of benzene rings is 1. The summed E-state index contributed by atoms with van der Waals surface area (Å²) < 4.78 is 10.7. The summed E-state index contributed by atoms with van der Waals surface area (Å²) in [5.41, 5.74) is 0.802. The molecule has 1 aliphatic rings. The van der Waals surface area contributed by atoms with Gasteiger partial charge in [0.25, 0.3) is 0 Å². The van der Waals surface area contributed by atoms with Gasteiger partial charge in [0.05, 0.1) is 32.3 Å². The molecule has 0 spiro atoms. The SMILES string of the molecule is O=C(CC1CC=CCCC(=O)OC(c2ccccc2)CNC1=O)NCCOCCO. The highest BCUT2D eigenvalue weighted by Gasteiger charge is 2.24. The maximum absolute atomic E-state index is 12.7. The third kappa shape index (κ3) is 8.75. The first-order valence-corrected chi connectivity index (χ1v) is 10.2. The van der Waals surface area contributed by atoms with E-state index in [1.807, 2.05) is 42.5 Å². The van der Waals surface area contributed by atoms with Gasteiger partial charge in [-0.3, -0.25) is 14.4 Å². The smallest absolute Gasteiger partial charge is 0.306 e. The van der Waals surface area contributed by atoms with Crippen molar-refractivity contribution in [3.05, 3.63) is 48.0 Å². The number of ether oxygens (including phenoxy) is 2. The summed E-state index contributed by atoms with van der Waals surface area (Å²) in [6, 6.07) is 9.26. The normalized spacial score (nSPS) is 20.4. The topological polar surface area (TPSA) is 114 Å². The molecule has 1 aromatic carbocycles. The minimum absolute atomic E-state index is 0.0476. The number of esters is 1. The molecule has 0 saturated heterocycles. The van der Waals surface area contributed by atoms with Crippen molar-refractivity contribution >= 4 is 17.8 Å². The van der Waals surface area contributed by atoms with Crippen molar-refractivity contribution in [2.45, 2.75) is 31.8 Å². The molecule has 8 heteroatoms. The standard InChI is InChI=1S/C22H30N2O6/c25-12-14-29-13-11-23-20(26)15-18-9-5-2-6-10-21(27)30-19(16-24-22(18)28)17-7-3-1-4-8-17/h1-5,7-8,18-19,25H,6,9-16H2,(H,23,26)(H,24,28). The number of carbonyl (C=O) groups is 3. The number of hydrogen-bond acceptors (Lipinski definition) is 6. The molecule has 0 saturated carbocycles. The van der Waals surface area contributed by atoms with Gasteiger partial charge >= 0.3 is 5.97 Å². The summed E-state index contributed by atoms with van der Waals surface area (Å²) in [5.74, 6) is -1.34. The van der Waals surface area contributed by atoms with Gasteiger partial charge in [-0.25, -0.2) is 0 Å². The average molecular weight is 418 g/mol. The van der Waals surface area contributed by atoms with Crippen molar-refractivity contribution in [3.8, 4) is 0 Å². The van der Waals surface area contributed by atoms with Crippen LogP contribution in [0.4, 0.5) is 0 Å². The molecule has 8 nitrogen and oxygen atoms in total. The highest BCUT2D eigenvalue weighted by molar-refractivity contribution is 5.86. The minimum atomic E-state index is -0.579. The van der Waals surface area contributed by atoms with Gasteiger partial charge in [0.2, 0.25) is 11.8 Å². The number of carbonyl (C=O) groups excluding carboxylic acids is 3. The number of aliphatic hydroxyl groups is 1. The largest absolute Gasteiger partial charge is 0.456 e. The second-order valence-electron chi connectivity index (χ2n) is 6.97. The summed E-state index contributed by atoms with van der Waals surface area (Å²) in [4.78, 5) is 37.0. The molecular weight excluding hydrogens is 388 g/mol. The molecule has 2 unspecified atom stereocenters.